The molecule has 0 unspecified atom stereocenters. The van der Waals surface area contributed by atoms with Crippen LogP contribution in [0.25, 0.3) is 0 Å². The predicted molar refractivity (Wildman–Crippen MR) is 79.9 cm³/mol. The first kappa shape index (κ1) is 15.5. The number of aromatic hydroxyl groups is 1. The molecule has 5 heteroatoms. The van der Waals surface area contributed by atoms with E-state index in [2.05, 4.69) is 23.5 Å². The van der Waals surface area contributed by atoms with Crippen molar-refractivity contribution in [1.82, 2.24) is 5.32 Å². The summed E-state index contributed by atoms with van der Waals surface area (Å²) >= 11 is 0. The average Bonchev–Trinajstić information content (AvgIpc) is 2.44. The summed E-state index contributed by atoms with van der Waals surface area (Å²) in [5.74, 6) is -0.263. The van der Waals surface area contributed by atoms with Crippen LogP contribution in [-0.2, 0) is 0 Å². The Morgan fingerprint density at radius 3 is 2.80 bits per heavy atom. The molecule has 1 rings (SSSR count). The molecule has 2 N–H and O–H groups in total. The molecule has 0 aliphatic rings. The molecule has 1 aromatic rings. The van der Waals surface area contributed by atoms with E-state index in [1.165, 1.54) is 25.3 Å². The fourth-order valence-electron chi connectivity index (χ4n) is 1.46. The van der Waals surface area contributed by atoms with Crippen molar-refractivity contribution in [1.29, 1.82) is 0 Å². The van der Waals surface area contributed by atoms with E-state index in [1.54, 1.807) is 6.21 Å². The number of methoxy groups -OCH3 is 1. The highest BCUT2D eigenvalue weighted by molar-refractivity contribution is 6.01. The number of nitrogens with zero attached hydrogens (tertiary/aromatic N) is 1. The van der Waals surface area contributed by atoms with Crippen molar-refractivity contribution in [3.05, 3.63) is 42.6 Å². The molecule has 0 atom stereocenters. The second-order valence-corrected chi connectivity index (χ2v) is 3.94. The van der Waals surface area contributed by atoms with E-state index < -0.39 is 5.91 Å². The quantitative estimate of drug-likeness (QED) is 0.619. The number of nitrogens with one attached hydrogen (secondary N) is 1. The Bertz CT molecular complexity index is 562. The van der Waals surface area contributed by atoms with Crippen molar-refractivity contribution in [3.8, 4) is 11.5 Å². The lowest BCUT2D eigenvalue weighted by Gasteiger charge is -2.10. The number of benzene rings is 1. The Kier molecular flexibility index (Phi) is 5.53. The number of carbonyl (C=O) groups excluding carboxylic acids is 1. The summed E-state index contributed by atoms with van der Waals surface area (Å²) in [6.07, 6.45) is 3.80. The maximum Gasteiger partial charge on any atom is 0.257 e. The Morgan fingerprint density at radius 1 is 1.55 bits per heavy atom. The number of allylic oxidation sites excluding steroid dienone is 1. The summed E-state index contributed by atoms with van der Waals surface area (Å²) in [5, 5.41) is 12.3. The summed E-state index contributed by atoms with van der Waals surface area (Å²) in [7, 11) is 1.41. The number of amides is 1. The molecule has 0 saturated heterocycles. The van der Waals surface area contributed by atoms with Gasteiger partial charge in [0.25, 0.3) is 5.91 Å². The number of phenolic OH excluding ortho intramolecular Hbond substituents is 1. The minimum Gasteiger partial charge on any atom is -0.504 e. The predicted octanol–water partition coefficient (Wildman–Crippen LogP) is 2.94. The van der Waals surface area contributed by atoms with Gasteiger partial charge in [0.15, 0.2) is 11.5 Å². The van der Waals surface area contributed by atoms with Gasteiger partial charge in [-0.25, -0.2) is 0 Å². The molecule has 0 bridgehead atoms. The smallest absolute Gasteiger partial charge is 0.257 e. The molecule has 1 aromatic carbocycles. The molecule has 0 radical (unpaired) electrons. The van der Waals surface area contributed by atoms with E-state index in [0.29, 0.717) is 17.8 Å². The number of carbonyl (C=O) groups is 1. The summed E-state index contributed by atoms with van der Waals surface area (Å²) in [6, 6.07) is 2.82. The molecular formula is C15H18N2O3. The van der Waals surface area contributed by atoms with Crippen LogP contribution in [0.5, 0.6) is 11.5 Å². The highest BCUT2D eigenvalue weighted by Crippen LogP contribution is 2.34. The molecule has 1 amide bonds. The van der Waals surface area contributed by atoms with Crippen LogP contribution in [0, 0.1) is 0 Å². The fourth-order valence-corrected chi connectivity index (χ4v) is 1.46. The number of ether oxygens (including phenoxy) is 1. The Morgan fingerprint density at radius 2 is 2.25 bits per heavy atom. The van der Waals surface area contributed by atoms with Crippen LogP contribution >= 0.6 is 0 Å². The van der Waals surface area contributed by atoms with Crippen LogP contribution in [0.15, 0.2) is 42.1 Å². The molecule has 5 nitrogen and oxygen atoms in total. The molecule has 0 heterocycles. The SMILES string of the molecule is C=CC(=C)NC(=O)c1cc(OC)c(O)cc1N=CCC. The van der Waals surface area contributed by atoms with Gasteiger partial charge < -0.3 is 15.2 Å². The maximum absolute atomic E-state index is 12.1. The maximum atomic E-state index is 12.1. The lowest BCUT2D eigenvalue weighted by molar-refractivity contribution is 0.0967. The normalized spacial score (nSPS) is 10.3. The largest absolute Gasteiger partial charge is 0.504 e. The third-order valence-electron chi connectivity index (χ3n) is 2.48. The van der Waals surface area contributed by atoms with E-state index in [0.717, 1.165) is 0 Å². The van der Waals surface area contributed by atoms with Gasteiger partial charge in [0.2, 0.25) is 0 Å². The van der Waals surface area contributed by atoms with Crippen LogP contribution in [-0.4, -0.2) is 24.3 Å². The molecule has 0 spiro atoms. The van der Waals surface area contributed by atoms with E-state index in [4.69, 9.17) is 4.74 Å². The van der Waals surface area contributed by atoms with Crippen molar-refractivity contribution < 1.29 is 14.6 Å². The number of hydrogen-bond acceptors (Lipinski definition) is 4. The molecule has 0 aliphatic heterocycles. The van der Waals surface area contributed by atoms with Gasteiger partial charge in [0.1, 0.15) is 0 Å². The zero-order valence-corrected chi connectivity index (χ0v) is 11.6. The second kappa shape index (κ2) is 7.13. The Balaban J connectivity index is 3.25. The number of hydrogen-bond donors (Lipinski definition) is 2. The highest BCUT2D eigenvalue weighted by Gasteiger charge is 2.15. The van der Waals surface area contributed by atoms with Crippen molar-refractivity contribution in [2.45, 2.75) is 13.3 Å². The van der Waals surface area contributed by atoms with Crippen LogP contribution in [0.2, 0.25) is 0 Å². The zero-order valence-electron chi connectivity index (χ0n) is 11.6. The molecule has 20 heavy (non-hydrogen) atoms. The summed E-state index contributed by atoms with van der Waals surface area (Å²) in [5.41, 5.74) is 1.03. The van der Waals surface area contributed by atoms with E-state index in [9.17, 15) is 9.90 Å². The van der Waals surface area contributed by atoms with Crippen molar-refractivity contribution in [3.63, 3.8) is 0 Å². The van der Waals surface area contributed by atoms with Gasteiger partial charge in [-0.3, -0.25) is 9.79 Å². The molecule has 0 saturated carbocycles. The van der Waals surface area contributed by atoms with Gasteiger partial charge >= 0.3 is 0 Å². The number of rotatable bonds is 6. The van der Waals surface area contributed by atoms with Gasteiger partial charge in [0.05, 0.1) is 18.4 Å². The monoisotopic (exact) mass is 274 g/mol. The second-order valence-electron chi connectivity index (χ2n) is 3.94. The summed E-state index contributed by atoms with van der Waals surface area (Å²) < 4.78 is 5.00. The van der Waals surface area contributed by atoms with Crippen molar-refractivity contribution in [2.75, 3.05) is 7.11 Å². The number of aliphatic imine (C=N–C) groups is 1. The highest BCUT2D eigenvalue weighted by atomic mass is 16.5. The van der Waals surface area contributed by atoms with Crippen LogP contribution in [0.4, 0.5) is 5.69 Å². The molecule has 0 aliphatic carbocycles. The lowest BCUT2D eigenvalue weighted by atomic mass is 10.1. The summed E-state index contributed by atoms with van der Waals surface area (Å²) in [6.45, 7) is 9.06. The minimum atomic E-state index is -0.392. The lowest BCUT2D eigenvalue weighted by Crippen LogP contribution is -2.21. The first-order valence-electron chi connectivity index (χ1n) is 6.09. The molecule has 106 valence electrons. The van der Waals surface area contributed by atoms with Crippen LogP contribution in [0.3, 0.4) is 0 Å². The van der Waals surface area contributed by atoms with Crippen molar-refractivity contribution in [2.24, 2.45) is 4.99 Å². The van der Waals surface area contributed by atoms with Gasteiger partial charge in [-0.05, 0) is 18.6 Å². The van der Waals surface area contributed by atoms with E-state index in [1.807, 2.05) is 6.92 Å². The van der Waals surface area contributed by atoms with Crippen LogP contribution < -0.4 is 10.1 Å². The van der Waals surface area contributed by atoms with Gasteiger partial charge in [0, 0.05) is 18.0 Å². The third-order valence-corrected chi connectivity index (χ3v) is 2.48. The molecule has 0 fully saturated rings. The van der Waals surface area contributed by atoms with Gasteiger partial charge in [-0.1, -0.05) is 20.1 Å². The van der Waals surface area contributed by atoms with Crippen molar-refractivity contribution >= 4 is 17.8 Å². The Hall–Kier alpha value is -2.56. The molecular weight excluding hydrogens is 256 g/mol. The van der Waals surface area contributed by atoms with E-state index >= 15 is 0 Å². The van der Waals surface area contributed by atoms with E-state index in [-0.39, 0.29) is 17.1 Å². The number of phenols is 1. The van der Waals surface area contributed by atoms with Crippen LogP contribution in [0.1, 0.15) is 23.7 Å². The standard InChI is InChI=1S/C15H18N2O3/c1-5-7-16-12-9-13(18)14(20-4)8-11(12)15(19)17-10(3)6-2/h6-9,18H,2-3,5H2,1,4H3,(H,17,19). The molecule has 0 aromatic heterocycles. The Labute approximate surface area is 118 Å². The third kappa shape index (κ3) is 3.71. The van der Waals surface area contributed by atoms with Gasteiger partial charge in [-0.2, -0.15) is 0 Å². The summed E-state index contributed by atoms with van der Waals surface area (Å²) in [4.78, 5) is 16.3. The minimum absolute atomic E-state index is 0.0742. The zero-order chi connectivity index (χ0) is 15.1. The average molecular weight is 274 g/mol. The topological polar surface area (TPSA) is 70.9 Å². The first-order chi connectivity index (χ1) is 9.53. The van der Waals surface area contributed by atoms with Gasteiger partial charge in [-0.15, -0.1) is 0 Å². The first-order valence-corrected chi connectivity index (χ1v) is 6.09. The fraction of sp³-hybridized carbons (Fsp3) is 0.200.